The predicted molar refractivity (Wildman–Crippen MR) is 86.7 cm³/mol. The van der Waals surface area contributed by atoms with Crippen LogP contribution in [0.15, 0.2) is 24.3 Å². The molecule has 1 unspecified atom stereocenters. The fourth-order valence-electron chi connectivity index (χ4n) is 2.37. The summed E-state index contributed by atoms with van der Waals surface area (Å²) in [5.74, 6) is -0.448. The molecule has 1 aromatic carbocycles. The third-order valence-corrected chi connectivity index (χ3v) is 3.52. The molecule has 2 N–H and O–H groups in total. The topological polar surface area (TPSA) is 93.7 Å². The first-order valence-corrected chi connectivity index (χ1v) is 8.02. The van der Waals surface area contributed by atoms with Gasteiger partial charge in [0.2, 0.25) is 5.91 Å². The number of ether oxygens (including phenoxy) is 2. The quantitative estimate of drug-likeness (QED) is 0.441. The van der Waals surface area contributed by atoms with Crippen molar-refractivity contribution in [1.29, 1.82) is 0 Å². The Morgan fingerprint density at radius 2 is 2.04 bits per heavy atom. The summed E-state index contributed by atoms with van der Waals surface area (Å²) in [4.78, 5) is 34.7. The fraction of sp³-hybridized carbons (Fsp3) is 0.471. The van der Waals surface area contributed by atoms with Gasteiger partial charge in [-0.1, -0.05) is 6.07 Å². The van der Waals surface area contributed by atoms with E-state index in [0.29, 0.717) is 37.4 Å². The average molecular weight is 334 g/mol. The number of hydrogen-bond donors (Lipinski definition) is 2. The Hall–Kier alpha value is -2.41. The van der Waals surface area contributed by atoms with E-state index in [2.05, 4.69) is 10.6 Å². The number of hydrogen-bond acceptors (Lipinski definition) is 5. The molecule has 1 aliphatic rings. The van der Waals surface area contributed by atoms with Crippen molar-refractivity contribution in [3.05, 3.63) is 29.8 Å². The van der Waals surface area contributed by atoms with E-state index in [-0.39, 0.29) is 17.9 Å². The Morgan fingerprint density at radius 1 is 1.25 bits per heavy atom. The molecule has 0 bridgehead atoms. The first-order chi connectivity index (χ1) is 11.6. The summed E-state index contributed by atoms with van der Waals surface area (Å²) in [5, 5.41) is 5.56. The molecule has 1 heterocycles. The first kappa shape index (κ1) is 17.9. The van der Waals surface area contributed by atoms with E-state index >= 15 is 0 Å². The van der Waals surface area contributed by atoms with Crippen LogP contribution >= 0.6 is 0 Å². The fourth-order valence-corrected chi connectivity index (χ4v) is 2.37. The van der Waals surface area contributed by atoms with Crippen LogP contribution < -0.4 is 15.4 Å². The molecule has 0 spiro atoms. The lowest BCUT2D eigenvalue weighted by Gasteiger charge is -2.10. The van der Waals surface area contributed by atoms with Crippen LogP contribution in [-0.4, -0.2) is 43.6 Å². The summed E-state index contributed by atoms with van der Waals surface area (Å²) in [6.45, 7) is 2.85. The number of carbonyl (C=O) groups is 3. The second kappa shape index (κ2) is 9.02. The van der Waals surface area contributed by atoms with E-state index in [1.54, 1.807) is 18.2 Å². The Kier molecular flexibility index (Phi) is 6.74. The monoisotopic (exact) mass is 334 g/mol. The van der Waals surface area contributed by atoms with Crippen LogP contribution in [0, 0.1) is 0 Å². The van der Waals surface area contributed by atoms with E-state index in [0.717, 1.165) is 12.8 Å². The minimum absolute atomic E-state index is 0.0899. The van der Waals surface area contributed by atoms with E-state index in [9.17, 15) is 14.4 Å². The predicted octanol–water partition coefficient (Wildman–Crippen LogP) is 1.03. The molecular formula is C17H22N2O5. The molecule has 1 atom stereocenters. The van der Waals surface area contributed by atoms with Crippen molar-refractivity contribution in [1.82, 2.24) is 10.6 Å². The SMILES string of the molecule is CC(=O)Oc1cccc(C(=O)NCCCNC(=O)C2CCCO2)c1. The molecule has 1 saturated heterocycles. The Balaban J connectivity index is 1.67. The third kappa shape index (κ3) is 5.66. The van der Waals surface area contributed by atoms with Gasteiger partial charge in [-0.05, 0) is 37.5 Å². The minimum Gasteiger partial charge on any atom is -0.427 e. The van der Waals surface area contributed by atoms with Crippen molar-refractivity contribution < 1.29 is 23.9 Å². The zero-order valence-electron chi connectivity index (χ0n) is 13.7. The van der Waals surface area contributed by atoms with Gasteiger partial charge in [-0.3, -0.25) is 14.4 Å². The number of rotatable bonds is 7. The van der Waals surface area contributed by atoms with Crippen LogP contribution in [0.1, 0.15) is 36.5 Å². The number of amides is 2. The van der Waals surface area contributed by atoms with Gasteiger partial charge in [0.15, 0.2) is 0 Å². The molecule has 2 rings (SSSR count). The maximum absolute atomic E-state index is 12.0. The summed E-state index contributed by atoms with van der Waals surface area (Å²) in [6.07, 6.45) is 1.97. The molecule has 0 aliphatic carbocycles. The van der Waals surface area contributed by atoms with Crippen molar-refractivity contribution in [3.8, 4) is 5.75 Å². The van der Waals surface area contributed by atoms with E-state index in [4.69, 9.17) is 9.47 Å². The van der Waals surface area contributed by atoms with Crippen molar-refractivity contribution in [2.75, 3.05) is 19.7 Å². The summed E-state index contributed by atoms with van der Waals surface area (Å²) in [7, 11) is 0. The summed E-state index contributed by atoms with van der Waals surface area (Å²) >= 11 is 0. The van der Waals surface area contributed by atoms with Crippen molar-refractivity contribution in [2.45, 2.75) is 32.3 Å². The second-order valence-electron chi connectivity index (χ2n) is 5.52. The molecule has 1 aromatic rings. The maximum atomic E-state index is 12.0. The molecule has 7 nitrogen and oxygen atoms in total. The van der Waals surface area contributed by atoms with Crippen LogP contribution in [0.2, 0.25) is 0 Å². The summed E-state index contributed by atoms with van der Waals surface area (Å²) in [5.41, 5.74) is 0.414. The molecular weight excluding hydrogens is 312 g/mol. The van der Waals surface area contributed by atoms with Gasteiger partial charge in [-0.2, -0.15) is 0 Å². The highest BCUT2D eigenvalue weighted by molar-refractivity contribution is 5.94. The standard InChI is InChI=1S/C17H22N2O5/c1-12(20)24-14-6-2-5-13(11-14)16(21)18-8-4-9-19-17(22)15-7-3-10-23-15/h2,5-6,11,15H,3-4,7-10H2,1H3,(H,18,21)(H,19,22). The summed E-state index contributed by atoms with van der Waals surface area (Å²) in [6, 6.07) is 6.41. The van der Waals surface area contributed by atoms with E-state index in [1.165, 1.54) is 13.0 Å². The lowest BCUT2D eigenvalue weighted by molar-refractivity contribution is -0.132. The van der Waals surface area contributed by atoms with Crippen LogP contribution in [0.5, 0.6) is 5.75 Å². The number of benzene rings is 1. The molecule has 7 heteroatoms. The molecule has 0 radical (unpaired) electrons. The van der Waals surface area contributed by atoms with Crippen LogP contribution in [0.3, 0.4) is 0 Å². The second-order valence-corrected chi connectivity index (χ2v) is 5.52. The number of nitrogens with one attached hydrogen (secondary N) is 2. The van der Waals surface area contributed by atoms with Gasteiger partial charge in [-0.15, -0.1) is 0 Å². The zero-order chi connectivity index (χ0) is 17.4. The van der Waals surface area contributed by atoms with Gasteiger partial charge < -0.3 is 20.1 Å². The van der Waals surface area contributed by atoms with Gasteiger partial charge in [0, 0.05) is 32.2 Å². The van der Waals surface area contributed by atoms with Crippen LogP contribution in [0.4, 0.5) is 0 Å². The highest BCUT2D eigenvalue weighted by Crippen LogP contribution is 2.13. The van der Waals surface area contributed by atoms with Gasteiger partial charge in [-0.25, -0.2) is 0 Å². The van der Waals surface area contributed by atoms with Crippen molar-refractivity contribution in [2.24, 2.45) is 0 Å². The highest BCUT2D eigenvalue weighted by Gasteiger charge is 2.22. The van der Waals surface area contributed by atoms with Gasteiger partial charge >= 0.3 is 5.97 Å². The minimum atomic E-state index is -0.436. The molecule has 130 valence electrons. The molecule has 0 saturated carbocycles. The Morgan fingerprint density at radius 3 is 2.75 bits per heavy atom. The Bertz CT molecular complexity index is 596. The first-order valence-electron chi connectivity index (χ1n) is 8.02. The van der Waals surface area contributed by atoms with Crippen molar-refractivity contribution >= 4 is 17.8 Å². The maximum Gasteiger partial charge on any atom is 0.308 e. The van der Waals surface area contributed by atoms with Crippen LogP contribution in [-0.2, 0) is 14.3 Å². The number of carbonyl (C=O) groups excluding carboxylic acids is 3. The smallest absolute Gasteiger partial charge is 0.308 e. The number of esters is 1. The normalized spacial score (nSPS) is 16.5. The average Bonchev–Trinajstić information content (AvgIpc) is 3.08. The van der Waals surface area contributed by atoms with Crippen LogP contribution in [0.25, 0.3) is 0 Å². The zero-order valence-corrected chi connectivity index (χ0v) is 13.7. The third-order valence-electron chi connectivity index (χ3n) is 3.52. The molecule has 2 amide bonds. The largest absolute Gasteiger partial charge is 0.427 e. The van der Waals surface area contributed by atoms with Gasteiger partial charge in [0.25, 0.3) is 5.91 Å². The Labute approximate surface area is 140 Å². The molecule has 0 aromatic heterocycles. The van der Waals surface area contributed by atoms with E-state index < -0.39 is 5.97 Å². The van der Waals surface area contributed by atoms with Crippen molar-refractivity contribution in [3.63, 3.8) is 0 Å². The highest BCUT2D eigenvalue weighted by atomic mass is 16.5. The van der Waals surface area contributed by atoms with Gasteiger partial charge in [0.05, 0.1) is 0 Å². The molecule has 1 aliphatic heterocycles. The lowest BCUT2D eigenvalue weighted by atomic mass is 10.2. The molecule has 1 fully saturated rings. The van der Waals surface area contributed by atoms with Gasteiger partial charge in [0.1, 0.15) is 11.9 Å². The molecule has 24 heavy (non-hydrogen) atoms. The summed E-state index contributed by atoms with van der Waals surface area (Å²) < 4.78 is 10.2. The van der Waals surface area contributed by atoms with E-state index in [1.807, 2.05) is 0 Å². The lowest BCUT2D eigenvalue weighted by Crippen LogP contribution is -2.36.